The molecule has 1 fully saturated rings. The first-order valence-electron chi connectivity index (χ1n) is 5.11. The number of nitriles is 1. The van der Waals surface area contributed by atoms with Crippen molar-refractivity contribution in [2.75, 3.05) is 6.54 Å². The van der Waals surface area contributed by atoms with Crippen molar-refractivity contribution in [3.63, 3.8) is 0 Å². The zero-order valence-corrected chi connectivity index (χ0v) is 9.84. The van der Waals surface area contributed by atoms with Gasteiger partial charge in [-0.2, -0.15) is 18.4 Å². The average Bonchev–Trinajstić information content (AvgIpc) is 2.94. The largest absolute Gasteiger partial charge is 0.278 e. The summed E-state index contributed by atoms with van der Waals surface area (Å²) in [4.78, 5) is 0. The van der Waals surface area contributed by atoms with Crippen molar-refractivity contribution < 1.29 is 8.42 Å². The van der Waals surface area contributed by atoms with Gasteiger partial charge in [0.2, 0.25) is 0 Å². The molecular formula is C9H17N3O2S. The zero-order chi connectivity index (χ0) is 11.5. The fourth-order valence-corrected chi connectivity index (χ4v) is 2.36. The van der Waals surface area contributed by atoms with Gasteiger partial charge in [0.25, 0.3) is 10.2 Å². The lowest BCUT2D eigenvalue weighted by molar-refractivity contribution is 0.531. The topological polar surface area (TPSA) is 82.0 Å². The number of hydrogen-bond acceptors (Lipinski definition) is 3. The van der Waals surface area contributed by atoms with Crippen LogP contribution in [-0.4, -0.2) is 21.0 Å². The van der Waals surface area contributed by atoms with E-state index < -0.39 is 16.3 Å². The molecule has 6 heteroatoms. The number of nitrogens with zero attached hydrogens (tertiary/aromatic N) is 1. The van der Waals surface area contributed by atoms with E-state index in [9.17, 15) is 8.42 Å². The second-order valence-corrected chi connectivity index (χ2v) is 5.84. The van der Waals surface area contributed by atoms with Crippen LogP contribution in [0.15, 0.2) is 0 Å². The van der Waals surface area contributed by atoms with Crippen molar-refractivity contribution in [2.24, 2.45) is 11.8 Å². The average molecular weight is 231 g/mol. The van der Waals surface area contributed by atoms with Crippen molar-refractivity contribution in [1.82, 2.24) is 9.44 Å². The van der Waals surface area contributed by atoms with Gasteiger partial charge >= 0.3 is 0 Å². The Morgan fingerprint density at radius 2 is 2.07 bits per heavy atom. The minimum Gasteiger partial charge on any atom is -0.202 e. The molecule has 1 rings (SSSR count). The molecule has 1 aliphatic carbocycles. The second-order valence-electron chi connectivity index (χ2n) is 4.31. The van der Waals surface area contributed by atoms with E-state index in [1.54, 1.807) is 0 Å². The van der Waals surface area contributed by atoms with Gasteiger partial charge in [-0.25, -0.2) is 4.72 Å². The molecule has 1 saturated carbocycles. The van der Waals surface area contributed by atoms with Crippen molar-refractivity contribution in [3.8, 4) is 6.07 Å². The van der Waals surface area contributed by atoms with Crippen molar-refractivity contribution >= 4 is 10.2 Å². The highest BCUT2D eigenvalue weighted by Crippen LogP contribution is 2.32. The molecule has 0 aliphatic heterocycles. The third kappa shape index (κ3) is 4.60. The highest BCUT2D eigenvalue weighted by molar-refractivity contribution is 7.87. The fraction of sp³-hybridized carbons (Fsp3) is 0.889. The molecular weight excluding hydrogens is 214 g/mol. The quantitative estimate of drug-likeness (QED) is 0.693. The summed E-state index contributed by atoms with van der Waals surface area (Å²) in [6.45, 7) is 4.23. The van der Waals surface area contributed by atoms with Gasteiger partial charge in [0.15, 0.2) is 0 Å². The summed E-state index contributed by atoms with van der Waals surface area (Å²) in [5.74, 6) is 0.452. The summed E-state index contributed by atoms with van der Waals surface area (Å²) >= 11 is 0. The summed E-state index contributed by atoms with van der Waals surface area (Å²) in [7, 11) is -3.52. The van der Waals surface area contributed by atoms with Gasteiger partial charge in [0, 0.05) is 6.54 Å². The maximum Gasteiger partial charge on any atom is 0.278 e. The molecule has 1 unspecified atom stereocenters. The zero-order valence-electron chi connectivity index (χ0n) is 9.03. The van der Waals surface area contributed by atoms with Crippen LogP contribution in [0.5, 0.6) is 0 Å². The Balaban J connectivity index is 2.44. The van der Waals surface area contributed by atoms with E-state index in [0.717, 1.165) is 12.8 Å². The molecule has 15 heavy (non-hydrogen) atoms. The molecule has 0 aromatic heterocycles. The monoisotopic (exact) mass is 231 g/mol. The van der Waals surface area contributed by atoms with Gasteiger partial charge in [-0.05, 0) is 24.7 Å². The second kappa shape index (κ2) is 4.92. The summed E-state index contributed by atoms with van der Waals surface area (Å²) < 4.78 is 27.7. The maximum atomic E-state index is 11.5. The first-order chi connectivity index (χ1) is 6.94. The lowest BCUT2D eigenvalue weighted by atomic mass is 10.2. The molecule has 0 aromatic rings. The predicted molar refractivity (Wildman–Crippen MR) is 57.0 cm³/mol. The molecule has 1 aliphatic rings. The van der Waals surface area contributed by atoms with Gasteiger partial charge in [-0.1, -0.05) is 13.8 Å². The Labute approximate surface area is 91.0 Å². The molecule has 2 N–H and O–H groups in total. The standard InChI is InChI=1S/C9H17N3O2S/c1-7(2)6-11-15(13,14)12-9(5-10)8-3-4-8/h7-9,11-12H,3-4,6H2,1-2H3. The molecule has 5 nitrogen and oxygen atoms in total. The van der Waals surface area contributed by atoms with Crippen LogP contribution in [0.3, 0.4) is 0 Å². The predicted octanol–water partition coefficient (Wildman–Crippen LogP) is 0.369. The lowest BCUT2D eigenvalue weighted by Crippen LogP contribution is -2.44. The molecule has 86 valence electrons. The fourth-order valence-electron chi connectivity index (χ4n) is 1.14. The van der Waals surface area contributed by atoms with E-state index in [2.05, 4.69) is 9.44 Å². The van der Waals surface area contributed by atoms with Crippen LogP contribution in [0.25, 0.3) is 0 Å². The molecule has 0 radical (unpaired) electrons. The van der Waals surface area contributed by atoms with E-state index in [1.165, 1.54) is 0 Å². The third-order valence-corrected chi connectivity index (χ3v) is 3.31. The summed E-state index contributed by atoms with van der Waals surface area (Å²) in [5.41, 5.74) is 0. The smallest absolute Gasteiger partial charge is 0.202 e. The van der Waals surface area contributed by atoms with E-state index in [0.29, 0.717) is 6.54 Å². The summed E-state index contributed by atoms with van der Waals surface area (Å²) in [6, 6.07) is 1.40. The lowest BCUT2D eigenvalue weighted by Gasteiger charge is -2.13. The van der Waals surface area contributed by atoms with Crippen LogP contribution in [0.1, 0.15) is 26.7 Å². The summed E-state index contributed by atoms with van der Waals surface area (Å²) in [5, 5.41) is 8.77. The number of hydrogen-bond donors (Lipinski definition) is 2. The minimum absolute atomic E-state index is 0.200. The van der Waals surface area contributed by atoms with E-state index >= 15 is 0 Å². The normalized spacial score (nSPS) is 18.8. The van der Waals surface area contributed by atoms with Gasteiger partial charge in [0.1, 0.15) is 6.04 Å². The highest BCUT2D eigenvalue weighted by atomic mass is 32.2. The Hall–Kier alpha value is -0.640. The van der Waals surface area contributed by atoms with Crippen LogP contribution in [-0.2, 0) is 10.2 Å². The molecule has 1 atom stereocenters. The molecule has 0 aromatic carbocycles. The van der Waals surface area contributed by atoms with Gasteiger partial charge < -0.3 is 0 Å². The first kappa shape index (κ1) is 12.4. The van der Waals surface area contributed by atoms with Crippen molar-refractivity contribution in [2.45, 2.75) is 32.7 Å². The highest BCUT2D eigenvalue weighted by Gasteiger charge is 2.33. The molecule has 0 spiro atoms. The maximum absolute atomic E-state index is 11.5. The third-order valence-electron chi connectivity index (χ3n) is 2.20. The van der Waals surface area contributed by atoms with Crippen LogP contribution < -0.4 is 9.44 Å². The first-order valence-corrected chi connectivity index (χ1v) is 6.59. The number of rotatable bonds is 6. The van der Waals surface area contributed by atoms with Gasteiger partial charge in [0.05, 0.1) is 6.07 Å². The molecule has 0 amide bonds. The summed E-state index contributed by atoms with van der Waals surface area (Å²) in [6.07, 6.45) is 1.87. The SMILES string of the molecule is CC(C)CNS(=O)(=O)NC(C#N)C1CC1. The van der Waals surface area contributed by atoms with Crippen LogP contribution in [0.4, 0.5) is 0 Å². The van der Waals surface area contributed by atoms with E-state index in [1.807, 2.05) is 19.9 Å². The Morgan fingerprint density at radius 1 is 1.47 bits per heavy atom. The molecule has 0 heterocycles. The van der Waals surface area contributed by atoms with E-state index in [-0.39, 0.29) is 11.8 Å². The van der Waals surface area contributed by atoms with Crippen LogP contribution >= 0.6 is 0 Å². The Morgan fingerprint density at radius 3 is 2.47 bits per heavy atom. The van der Waals surface area contributed by atoms with Crippen LogP contribution in [0, 0.1) is 23.2 Å². The van der Waals surface area contributed by atoms with Crippen molar-refractivity contribution in [3.05, 3.63) is 0 Å². The molecule has 0 saturated heterocycles. The minimum atomic E-state index is -3.52. The van der Waals surface area contributed by atoms with E-state index in [4.69, 9.17) is 5.26 Å². The van der Waals surface area contributed by atoms with Gasteiger partial charge in [-0.3, -0.25) is 0 Å². The number of nitrogens with one attached hydrogen (secondary N) is 2. The Bertz CT molecular complexity index is 341. The molecule has 0 bridgehead atoms. The Kier molecular flexibility index (Phi) is 4.08. The van der Waals surface area contributed by atoms with Gasteiger partial charge in [-0.15, -0.1) is 0 Å². The van der Waals surface area contributed by atoms with Crippen LogP contribution in [0.2, 0.25) is 0 Å². The van der Waals surface area contributed by atoms with Crippen molar-refractivity contribution in [1.29, 1.82) is 5.26 Å².